The molecular formula is C29H34N4O4. The van der Waals surface area contributed by atoms with E-state index in [1.54, 1.807) is 31.9 Å². The molecule has 37 heavy (non-hydrogen) atoms. The van der Waals surface area contributed by atoms with Gasteiger partial charge < -0.3 is 14.7 Å². The molecule has 2 amide bonds. The first-order valence-corrected chi connectivity index (χ1v) is 12.7. The average molecular weight is 503 g/mol. The van der Waals surface area contributed by atoms with E-state index in [1.807, 2.05) is 60.7 Å². The Balaban J connectivity index is 1.86. The predicted octanol–water partition coefficient (Wildman–Crippen LogP) is 5.06. The standard InChI is InChI=1S/C29H34N4O4/c1-20-19-21(2)31-27(30-20)37-29(26(34)35,32-28(36)33(3)24-17-11-6-12-18-24)25(22-13-7-4-8-14-22)23-15-9-5-10-16-23/h4-5,7-10,13-16,19,24-25H,6,11-12,17-18H2,1-3H3,(H,32,36)(H,34,35)/t29-/m1/s1. The Bertz CT molecular complexity index is 1160. The highest BCUT2D eigenvalue weighted by atomic mass is 16.6. The van der Waals surface area contributed by atoms with Crippen LogP contribution < -0.4 is 10.1 Å². The highest BCUT2D eigenvalue weighted by Gasteiger charge is 2.53. The lowest BCUT2D eigenvalue weighted by Crippen LogP contribution is -2.65. The molecule has 4 rings (SSSR count). The summed E-state index contributed by atoms with van der Waals surface area (Å²) in [5, 5.41) is 13.6. The third-order valence-corrected chi connectivity index (χ3v) is 6.94. The van der Waals surface area contributed by atoms with Gasteiger partial charge >= 0.3 is 18.0 Å². The number of aliphatic carboxylic acids is 1. The van der Waals surface area contributed by atoms with Gasteiger partial charge in [-0.3, -0.25) is 5.32 Å². The number of aromatic nitrogens is 2. The van der Waals surface area contributed by atoms with E-state index >= 15 is 0 Å². The second-order valence-corrected chi connectivity index (χ2v) is 9.66. The van der Waals surface area contributed by atoms with Gasteiger partial charge in [-0.05, 0) is 43.9 Å². The van der Waals surface area contributed by atoms with E-state index in [4.69, 9.17) is 4.74 Å². The number of aryl methyl sites for hydroxylation is 2. The molecule has 0 unspecified atom stereocenters. The van der Waals surface area contributed by atoms with Crippen LogP contribution in [0.3, 0.4) is 0 Å². The van der Waals surface area contributed by atoms with Gasteiger partial charge in [-0.1, -0.05) is 79.9 Å². The van der Waals surface area contributed by atoms with Crippen molar-refractivity contribution in [3.05, 3.63) is 89.2 Å². The Hall–Kier alpha value is -3.94. The van der Waals surface area contributed by atoms with Crippen molar-refractivity contribution in [1.29, 1.82) is 0 Å². The van der Waals surface area contributed by atoms with Crippen LogP contribution in [0.2, 0.25) is 0 Å². The number of ether oxygens (including phenoxy) is 1. The van der Waals surface area contributed by atoms with Crippen molar-refractivity contribution in [2.45, 2.75) is 63.6 Å². The molecule has 2 aromatic carbocycles. The number of benzene rings is 2. The van der Waals surface area contributed by atoms with Crippen LogP contribution in [-0.2, 0) is 4.79 Å². The van der Waals surface area contributed by atoms with Crippen molar-refractivity contribution in [2.24, 2.45) is 0 Å². The molecule has 0 bridgehead atoms. The molecule has 8 nitrogen and oxygen atoms in total. The zero-order valence-electron chi connectivity index (χ0n) is 21.6. The van der Waals surface area contributed by atoms with Crippen molar-refractivity contribution < 1.29 is 19.4 Å². The maximum Gasteiger partial charge on any atom is 0.371 e. The molecule has 194 valence electrons. The van der Waals surface area contributed by atoms with E-state index in [0.29, 0.717) is 22.5 Å². The largest absolute Gasteiger partial charge is 0.477 e. The summed E-state index contributed by atoms with van der Waals surface area (Å²) in [5.41, 5.74) is 0.358. The summed E-state index contributed by atoms with van der Waals surface area (Å²) in [6.07, 6.45) is 4.98. The zero-order valence-corrected chi connectivity index (χ0v) is 21.6. The summed E-state index contributed by atoms with van der Waals surface area (Å²) < 4.78 is 6.22. The number of amides is 2. The van der Waals surface area contributed by atoms with E-state index < -0.39 is 23.6 Å². The molecule has 2 N–H and O–H groups in total. The van der Waals surface area contributed by atoms with Crippen LogP contribution in [0, 0.1) is 13.8 Å². The van der Waals surface area contributed by atoms with E-state index in [2.05, 4.69) is 15.3 Å². The van der Waals surface area contributed by atoms with E-state index in [9.17, 15) is 14.7 Å². The van der Waals surface area contributed by atoms with Crippen LogP contribution >= 0.6 is 0 Å². The molecule has 0 aliphatic heterocycles. The molecule has 1 fully saturated rings. The van der Waals surface area contributed by atoms with Gasteiger partial charge in [0.05, 0.1) is 5.92 Å². The second-order valence-electron chi connectivity index (χ2n) is 9.66. The van der Waals surface area contributed by atoms with Crippen molar-refractivity contribution in [3.63, 3.8) is 0 Å². The van der Waals surface area contributed by atoms with Crippen LogP contribution in [0.5, 0.6) is 6.01 Å². The molecule has 1 saturated carbocycles. The van der Waals surface area contributed by atoms with E-state index in [-0.39, 0.29) is 12.1 Å². The molecule has 1 aromatic heterocycles. The van der Waals surface area contributed by atoms with Crippen LogP contribution in [-0.4, -0.2) is 50.8 Å². The molecular weight excluding hydrogens is 468 g/mol. The summed E-state index contributed by atoms with van der Waals surface area (Å²) in [5.74, 6) is -2.25. The molecule has 1 atom stereocenters. The van der Waals surface area contributed by atoms with Crippen LogP contribution in [0.4, 0.5) is 4.79 Å². The lowest BCUT2D eigenvalue weighted by molar-refractivity contribution is -0.160. The van der Waals surface area contributed by atoms with Gasteiger partial charge in [0.1, 0.15) is 0 Å². The topological polar surface area (TPSA) is 105 Å². The van der Waals surface area contributed by atoms with Crippen molar-refractivity contribution in [3.8, 4) is 6.01 Å². The summed E-state index contributed by atoms with van der Waals surface area (Å²) in [6, 6.07) is 19.6. The minimum absolute atomic E-state index is 0.0320. The van der Waals surface area contributed by atoms with Gasteiger partial charge in [0, 0.05) is 24.5 Å². The fraction of sp³-hybridized carbons (Fsp3) is 0.379. The minimum atomic E-state index is -2.23. The highest BCUT2D eigenvalue weighted by molar-refractivity contribution is 5.87. The number of hydrogen-bond donors (Lipinski definition) is 2. The maximum absolute atomic E-state index is 13.7. The number of carboxylic acids is 1. The van der Waals surface area contributed by atoms with Crippen molar-refractivity contribution >= 4 is 12.0 Å². The van der Waals surface area contributed by atoms with E-state index in [0.717, 1.165) is 32.1 Å². The first kappa shape index (κ1) is 26.1. The molecule has 0 radical (unpaired) electrons. The van der Waals surface area contributed by atoms with Crippen LogP contribution in [0.25, 0.3) is 0 Å². The summed E-state index contributed by atoms with van der Waals surface area (Å²) in [4.78, 5) is 37.3. The van der Waals surface area contributed by atoms with Crippen LogP contribution in [0.1, 0.15) is 60.5 Å². The summed E-state index contributed by atoms with van der Waals surface area (Å²) >= 11 is 0. The van der Waals surface area contributed by atoms with Crippen molar-refractivity contribution in [2.75, 3.05) is 7.05 Å². The minimum Gasteiger partial charge on any atom is -0.477 e. The zero-order chi connectivity index (χ0) is 26.4. The number of urea groups is 1. The fourth-order valence-electron chi connectivity index (χ4n) is 5.09. The Kier molecular flexibility index (Phi) is 8.06. The van der Waals surface area contributed by atoms with Gasteiger partial charge in [0.15, 0.2) is 0 Å². The van der Waals surface area contributed by atoms with Crippen molar-refractivity contribution in [1.82, 2.24) is 20.2 Å². The third-order valence-electron chi connectivity index (χ3n) is 6.94. The number of rotatable bonds is 8. The SMILES string of the molecule is Cc1cc(C)nc(O[C@@](NC(=O)N(C)C2CCCCC2)(C(=O)O)C(c2ccccc2)c2ccccc2)n1. The third kappa shape index (κ3) is 5.90. The number of nitrogens with zero attached hydrogens (tertiary/aromatic N) is 3. The molecule has 1 heterocycles. The van der Waals surface area contributed by atoms with Gasteiger partial charge in [0.25, 0.3) is 5.72 Å². The highest BCUT2D eigenvalue weighted by Crippen LogP contribution is 2.37. The first-order chi connectivity index (χ1) is 17.8. The number of carbonyl (C=O) groups excluding carboxylic acids is 1. The van der Waals surface area contributed by atoms with Gasteiger partial charge in [-0.25, -0.2) is 19.6 Å². The fourth-order valence-corrected chi connectivity index (χ4v) is 5.09. The Morgan fingerprint density at radius 2 is 1.46 bits per heavy atom. The number of nitrogens with one attached hydrogen (secondary N) is 1. The predicted molar refractivity (Wildman–Crippen MR) is 140 cm³/mol. The molecule has 3 aromatic rings. The molecule has 0 saturated heterocycles. The smallest absolute Gasteiger partial charge is 0.371 e. The Morgan fingerprint density at radius 3 is 1.95 bits per heavy atom. The summed E-state index contributed by atoms with van der Waals surface area (Å²) in [6.45, 7) is 3.57. The second kappa shape index (κ2) is 11.4. The number of carboxylic acid groups (broad SMARTS) is 1. The Morgan fingerprint density at radius 1 is 0.946 bits per heavy atom. The number of carbonyl (C=O) groups is 2. The van der Waals surface area contributed by atoms with Gasteiger partial charge in [-0.2, -0.15) is 0 Å². The van der Waals surface area contributed by atoms with E-state index in [1.165, 1.54) is 0 Å². The molecule has 1 aliphatic carbocycles. The average Bonchev–Trinajstić information content (AvgIpc) is 2.89. The Labute approximate surface area is 217 Å². The normalized spacial score (nSPS) is 15.6. The lowest BCUT2D eigenvalue weighted by Gasteiger charge is -2.40. The van der Waals surface area contributed by atoms with Crippen LogP contribution in [0.15, 0.2) is 66.7 Å². The van der Waals surface area contributed by atoms with Gasteiger partial charge in [0.2, 0.25) is 0 Å². The molecule has 1 aliphatic rings. The number of hydrogen-bond acceptors (Lipinski definition) is 5. The lowest BCUT2D eigenvalue weighted by atomic mass is 9.82. The monoisotopic (exact) mass is 502 g/mol. The maximum atomic E-state index is 13.7. The molecule has 8 heteroatoms. The quantitative estimate of drug-likeness (QED) is 0.417. The molecule has 0 spiro atoms. The first-order valence-electron chi connectivity index (χ1n) is 12.7. The summed E-state index contributed by atoms with van der Waals surface area (Å²) in [7, 11) is 1.71. The van der Waals surface area contributed by atoms with Gasteiger partial charge in [-0.15, -0.1) is 0 Å².